The maximum atomic E-state index is 13.1. The second kappa shape index (κ2) is 7.05. The Labute approximate surface area is 154 Å². The van der Waals surface area contributed by atoms with Crippen molar-refractivity contribution in [3.63, 3.8) is 0 Å². The van der Waals surface area contributed by atoms with Gasteiger partial charge in [0.05, 0.1) is 5.69 Å². The molecular formula is C19H26N6O. The lowest BCUT2D eigenvalue weighted by Crippen LogP contribution is -2.41. The van der Waals surface area contributed by atoms with Gasteiger partial charge in [-0.3, -0.25) is 4.79 Å². The van der Waals surface area contributed by atoms with E-state index in [1.165, 1.54) is 5.69 Å². The van der Waals surface area contributed by atoms with Crippen molar-refractivity contribution in [3.05, 3.63) is 35.5 Å². The van der Waals surface area contributed by atoms with Gasteiger partial charge in [0.1, 0.15) is 5.82 Å². The number of fused-ring (bicyclic) bond motifs is 1. The molecule has 1 amide bonds. The summed E-state index contributed by atoms with van der Waals surface area (Å²) in [4.78, 5) is 21.7. The number of anilines is 1. The lowest BCUT2D eigenvalue weighted by Gasteiger charge is -2.29. The van der Waals surface area contributed by atoms with Gasteiger partial charge in [-0.2, -0.15) is 5.10 Å². The topological polar surface area (TPSA) is 67.2 Å². The van der Waals surface area contributed by atoms with E-state index < -0.39 is 0 Å². The van der Waals surface area contributed by atoms with Gasteiger partial charge in [-0.15, -0.1) is 5.10 Å². The van der Waals surface area contributed by atoms with Crippen LogP contribution in [0.25, 0.3) is 0 Å². The van der Waals surface area contributed by atoms with Gasteiger partial charge in [0.2, 0.25) is 5.91 Å². The molecule has 4 rings (SSSR count). The number of hydrogen-bond acceptors (Lipinski definition) is 5. The molecule has 1 atom stereocenters. The number of rotatable bonds is 2. The van der Waals surface area contributed by atoms with E-state index in [4.69, 9.17) is 0 Å². The fourth-order valence-corrected chi connectivity index (χ4v) is 4.02. The first-order valence-corrected chi connectivity index (χ1v) is 9.47. The van der Waals surface area contributed by atoms with Crippen molar-refractivity contribution in [2.75, 3.05) is 31.1 Å². The highest BCUT2D eigenvalue weighted by Crippen LogP contribution is 2.24. The first kappa shape index (κ1) is 17.0. The van der Waals surface area contributed by atoms with Crippen LogP contribution in [0.4, 0.5) is 5.82 Å². The average molecular weight is 354 g/mol. The molecule has 2 aromatic rings. The zero-order valence-electron chi connectivity index (χ0n) is 15.6. The molecule has 0 radical (unpaired) electrons. The smallest absolute Gasteiger partial charge is 0.226 e. The first-order chi connectivity index (χ1) is 12.6. The number of amides is 1. The minimum absolute atomic E-state index is 0.0873. The van der Waals surface area contributed by atoms with Crippen molar-refractivity contribution in [2.45, 2.75) is 39.7 Å². The third-order valence-corrected chi connectivity index (χ3v) is 5.56. The van der Waals surface area contributed by atoms with Gasteiger partial charge in [0.15, 0.2) is 5.82 Å². The predicted molar refractivity (Wildman–Crippen MR) is 99.0 cm³/mol. The molecule has 1 saturated heterocycles. The Morgan fingerprint density at radius 3 is 2.77 bits per heavy atom. The van der Waals surface area contributed by atoms with Crippen molar-refractivity contribution < 1.29 is 4.79 Å². The molecule has 4 heterocycles. The Morgan fingerprint density at radius 2 is 1.96 bits per heavy atom. The van der Waals surface area contributed by atoms with Crippen molar-refractivity contribution in [2.24, 2.45) is 5.92 Å². The quantitative estimate of drug-likeness (QED) is 0.819. The maximum absolute atomic E-state index is 13.1. The molecule has 2 aliphatic rings. The Bertz CT molecular complexity index is 784. The van der Waals surface area contributed by atoms with Gasteiger partial charge in [-0.25, -0.2) is 4.98 Å². The van der Waals surface area contributed by atoms with Gasteiger partial charge in [-0.1, -0.05) is 0 Å². The molecule has 0 aromatic carbocycles. The molecule has 2 aliphatic heterocycles. The van der Waals surface area contributed by atoms with Gasteiger partial charge in [-0.05, 0) is 38.8 Å². The van der Waals surface area contributed by atoms with Crippen LogP contribution in [0.3, 0.4) is 0 Å². The highest BCUT2D eigenvalue weighted by molar-refractivity contribution is 5.79. The van der Waals surface area contributed by atoms with Crippen LogP contribution in [0.5, 0.6) is 0 Å². The fraction of sp³-hybridized carbons (Fsp3) is 0.579. The van der Waals surface area contributed by atoms with Crippen LogP contribution in [-0.4, -0.2) is 56.7 Å². The van der Waals surface area contributed by atoms with Gasteiger partial charge < -0.3 is 14.4 Å². The molecule has 1 unspecified atom stereocenters. The van der Waals surface area contributed by atoms with Gasteiger partial charge >= 0.3 is 0 Å². The summed E-state index contributed by atoms with van der Waals surface area (Å²) in [5, 5.41) is 8.45. The molecule has 0 spiro atoms. The van der Waals surface area contributed by atoms with Crippen LogP contribution >= 0.6 is 0 Å². The summed E-state index contributed by atoms with van der Waals surface area (Å²) in [6.45, 7) is 8.18. The average Bonchev–Trinajstić information content (AvgIpc) is 2.87. The molecule has 26 heavy (non-hydrogen) atoms. The zero-order chi connectivity index (χ0) is 18.1. The summed E-state index contributed by atoms with van der Waals surface area (Å²) in [6.07, 6.45) is 4.61. The molecule has 0 saturated carbocycles. The van der Waals surface area contributed by atoms with Crippen LogP contribution < -0.4 is 4.90 Å². The molecule has 7 heteroatoms. The van der Waals surface area contributed by atoms with Crippen LogP contribution in [0.15, 0.2) is 18.3 Å². The van der Waals surface area contributed by atoms with E-state index in [-0.39, 0.29) is 5.92 Å². The number of imidazole rings is 1. The third kappa shape index (κ3) is 3.30. The maximum Gasteiger partial charge on any atom is 0.226 e. The van der Waals surface area contributed by atoms with Crippen LogP contribution in [0, 0.1) is 19.8 Å². The Hall–Kier alpha value is -2.44. The van der Waals surface area contributed by atoms with Crippen LogP contribution in [-0.2, 0) is 17.8 Å². The van der Waals surface area contributed by atoms with E-state index in [2.05, 4.69) is 24.6 Å². The van der Waals surface area contributed by atoms with E-state index in [0.717, 1.165) is 69.3 Å². The third-order valence-electron chi connectivity index (χ3n) is 5.56. The van der Waals surface area contributed by atoms with Gasteiger partial charge in [0.25, 0.3) is 0 Å². The Kier molecular flexibility index (Phi) is 4.61. The molecule has 138 valence electrons. The monoisotopic (exact) mass is 354 g/mol. The number of aryl methyl sites for hydroxylation is 2. The van der Waals surface area contributed by atoms with Crippen LogP contribution in [0.2, 0.25) is 0 Å². The summed E-state index contributed by atoms with van der Waals surface area (Å²) >= 11 is 0. The molecule has 0 bridgehead atoms. The van der Waals surface area contributed by atoms with Crippen molar-refractivity contribution >= 4 is 11.7 Å². The van der Waals surface area contributed by atoms with Gasteiger partial charge in [0, 0.05) is 57.0 Å². The molecule has 1 fully saturated rings. The highest BCUT2D eigenvalue weighted by Gasteiger charge is 2.30. The summed E-state index contributed by atoms with van der Waals surface area (Å²) in [7, 11) is 0. The van der Waals surface area contributed by atoms with Crippen LogP contribution in [0.1, 0.15) is 30.1 Å². The standard InChI is InChI=1S/C19H26N6O/c1-14-4-5-18(22-21-14)23-7-3-8-24(11-10-23)19(26)16-6-9-25-15(2)20-13-17(25)12-16/h4-5,13,16H,3,6-12H2,1-2H3. The minimum Gasteiger partial charge on any atom is -0.353 e. The number of carbonyl (C=O) groups excluding carboxylic acids is 1. The largest absolute Gasteiger partial charge is 0.353 e. The summed E-state index contributed by atoms with van der Waals surface area (Å²) in [6, 6.07) is 4.01. The fourth-order valence-electron chi connectivity index (χ4n) is 4.02. The van der Waals surface area contributed by atoms with E-state index in [1.807, 2.05) is 37.1 Å². The lowest BCUT2D eigenvalue weighted by molar-refractivity contribution is -0.136. The number of aromatic nitrogens is 4. The molecular weight excluding hydrogens is 328 g/mol. The van der Waals surface area contributed by atoms with E-state index >= 15 is 0 Å². The number of carbonyl (C=O) groups is 1. The number of hydrogen-bond donors (Lipinski definition) is 0. The Morgan fingerprint density at radius 1 is 1.08 bits per heavy atom. The first-order valence-electron chi connectivity index (χ1n) is 9.47. The lowest BCUT2D eigenvalue weighted by atomic mass is 9.94. The summed E-state index contributed by atoms with van der Waals surface area (Å²) < 4.78 is 2.24. The second-order valence-corrected chi connectivity index (χ2v) is 7.34. The van der Waals surface area contributed by atoms with Crippen molar-refractivity contribution in [1.29, 1.82) is 0 Å². The normalized spacial score (nSPS) is 20.6. The van der Waals surface area contributed by atoms with Crippen molar-refractivity contribution in [3.8, 4) is 0 Å². The second-order valence-electron chi connectivity index (χ2n) is 7.34. The number of nitrogens with zero attached hydrogens (tertiary/aromatic N) is 6. The molecule has 0 N–H and O–H groups in total. The van der Waals surface area contributed by atoms with Crippen molar-refractivity contribution in [1.82, 2.24) is 24.6 Å². The minimum atomic E-state index is 0.0873. The summed E-state index contributed by atoms with van der Waals surface area (Å²) in [5.41, 5.74) is 2.12. The predicted octanol–water partition coefficient (Wildman–Crippen LogP) is 1.59. The zero-order valence-corrected chi connectivity index (χ0v) is 15.6. The Balaban J connectivity index is 1.39. The van der Waals surface area contributed by atoms with E-state index in [1.54, 1.807) is 0 Å². The molecule has 7 nitrogen and oxygen atoms in total. The summed E-state index contributed by atoms with van der Waals surface area (Å²) in [5.74, 6) is 2.34. The SMILES string of the molecule is Cc1ccc(N2CCCN(C(=O)C3CCn4c(cnc4C)C3)CC2)nn1. The van der Waals surface area contributed by atoms with E-state index in [0.29, 0.717) is 5.91 Å². The van der Waals surface area contributed by atoms with E-state index in [9.17, 15) is 4.79 Å². The molecule has 2 aromatic heterocycles. The molecule has 0 aliphatic carbocycles. The highest BCUT2D eigenvalue weighted by atomic mass is 16.2.